The molecule has 1 rings (SSSR count). The van der Waals surface area contributed by atoms with Crippen LogP contribution in [0.4, 0.5) is 5.69 Å². The molecule has 0 aliphatic carbocycles. The largest absolute Gasteiger partial charge is 0.481 e. The average molecular weight is 332 g/mol. The van der Waals surface area contributed by atoms with E-state index in [1.807, 2.05) is 0 Å². The number of aliphatic carboxylic acids is 2. The Labute approximate surface area is 127 Å². The van der Waals surface area contributed by atoms with E-state index in [4.69, 9.17) is 15.9 Å². The summed E-state index contributed by atoms with van der Waals surface area (Å²) in [4.78, 5) is 33.1. The third-order valence-electron chi connectivity index (χ3n) is 2.42. The van der Waals surface area contributed by atoms with Gasteiger partial charge < -0.3 is 21.3 Å². The van der Waals surface area contributed by atoms with Crippen molar-refractivity contribution in [3.8, 4) is 0 Å². The number of amides is 1. The van der Waals surface area contributed by atoms with Gasteiger partial charge in [0.15, 0.2) is 0 Å². The smallest absolute Gasteiger partial charge is 0.326 e. The Morgan fingerprint density at radius 2 is 1.70 bits per heavy atom. The first-order chi connectivity index (χ1) is 8.90. The zero-order chi connectivity index (χ0) is 14.4. The molecule has 1 unspecified atom stereocenters. The van der Waals surface area contributed by atoms with Gasteiger partial charge in [0.05, 0.1) is 0 Å². The van der Waals surface area contributed by atoms with Crippen molar-refractivity contribution in [2.45, 2.75) is 18.9 Å². The summed E-state index contributed by atoms with van der Waals surface area (Å²) in [6.45, 7) is 0. The van der Waals surface area contributed by atoms with Gasteiger partial charge in [0, 0.05) is 37.1 Å². The molecule has 0 heterocycles. The van der Waals surface area contributed by atoms with E-state index < -0.39 is 23.9 Å². The normalized spacial score (nSPS) is 11.0. The molecule has 0 aliphatic rings. The molecule has 7 nitrogen and oxygen atoms in total. The molecular weight excluding hydrogens is 318 g/mol. The number of hydrogen-bond acceptors (Lipinski definition) is 4. The maximum absolute atomic E-state index is 11.8. The summed E-state index contributed by atoms with van der Waals surface area (Å²) in [7, 11) is 0. The number of anilines is 1. The van der Waals surface area contributed by atoms with Crippen LogP contribution >= 0.6 is 0 Å². The van der Waals surface area contributed by atoms with Crippen LogP contribution in [0, 0.1) is 0 Å². The number of carboxylic acid groups (broad SMARTS) is 2. The Hall–Kier alpha value is -1.95. The maximum Gasteiger partial charge on any atom is 0.326 e. The zero-order valence-corrected chi connectivity index (χ0v) is 13.7. The monoisotopic (exact) mass is 330 g/mol. The summed E-state index contributed by atoms with van der Waals surface area (Å²) < 4.78 is 0. The third kappa shape index (κ3) is 5.80. The Kier molecular flexibility index (Phi) is 7.46. The molecule has 0 radical (unpaired) electrons. The van der Waals surface area contributed by atoms with Crippen LogP contribution < -0.4 is 11.1 Å². The van der Waals surface area contributed by atoms with Crippen LogP contribution in [-0.4, -0.2) is 34.1 Å². The van der Waals surface area contributed by atoms with Crippen molar-refractivity contribution in [2.75, 3.05) is 5.73 Å². The molecule has 0 aromatic heterocycles. The van der Waals surface area contributed by atoms with E-state index in [1.165, 1.54) is 24.3 Å². The predicted octanol–water partition coefficient (Wildman–Crippen LogP) is 0.314. The van der Waals surface area contributed by atoms with E-state index in [0.717, 1.165) is 0 Å². The third-order valence-corrected chi connectivity index (χ3v) is 2.42. The number of carboxylic acids is 2. The van der Waals surface area contributed by atoms with Crippen LogP contribution in [0.15, 0.2) is 24.3 Å². The van der Waals surface area contributed by atoms with Gasteiger partial charge in [-0.25, -0.2) is 4.79 Å². The number of carbonyl (C=O) groups excluding carboxylic acids is 1. The molecule has 0 fully saturated rings. The van der Waals surface area contributed by atoms with E-state index in [9.17, 15) is 14.4 Å². The van der Waals surface area contributed by atoms with E-state index in [2.05, 4.69) is 5.32 Å². The minimum Gasteiger partial charge on any atom is -0.481 e. The summed E-state index contributed by atoms with van der Waals surface area (Å²) in [5, 5.41) is 19.7. The van der Waals surface area contributed by atoms with Crippen molar-refractivity contribution in [1.29, 1.82) is 0 Å². The second kappa shape index (κ2) is 8.27. The number of nitrogens with two attached hydrogens (primary N) is 1. The Morgan fingerprint density at radius 1 is 1.15 bits per heavy atom. The zero-order valence-electron chi connectivity index (χ0n) is 10.7. The molecule has 0 spiro atoms. The number of rotatable bonds is 6. The van der Waals surface area contributed by atoms with Crippen molar-refractivity contribution in [3.05, 3.63) is 29.8 Å². The fraction of sp³-hybridized carbons (Fsp3) is 0.250. The summed E-state index contributed by atoms with van der Waals surface area (Å²) in [6, 6.07) is 4.71. The van der Waals surface area contributed by atoms with Crippen molar-refractivity contribution in [1.82, 2.24) is 5.32 Å². The first-order valence-corrected chi connectivity index (χ1v) is 5.51. The van der Waals surface area contributed by atoms with Crippen molar-refractivity contribution in [3.63, 3.8) is 0 Å². The summed E-state index contributed by atoms with van der Waals surface area (Å²) in [5.41, 5.74) is 6.21. The molecule has 104 valence electrons. The van der Waals surface area contributed by atoms with Gasteiger partial charge in [-0.2, -0.15) is 0 Å². The standard InChI is InChI=1S/C12H14N2O5.Zn/c13-8-3-1-7(2-4-8)11(17)14-9(12(18)19)5-6-10(15)16;/h1-4,9H,5-6,13H2,(H,14,17)(H,15,16)(H,18,19);. The first kappa shape index (κ1) is 18.1. The van der Waals surface area contributed by atoms with Crippen LogP contribution in [0.2, 0.25) is 0 Å². The van der Waals surface area contributed by atoms with Gasteiger partial charge in [-0.3, -0.25) is 9.59 Å². The molecule has 1 aromatic rings. The fourth-order valence-corrected chi connectivity index (χ4v) is 1.40. The number of nitrogens with one attached hydrogen (secondary N) is 1. The van der Waals surface area contributed by atoms with Gasteiger partial charge in [0.1, 0.15) is 6.04 Å². The molecule has 5 N–H and O–H groups in total. The first-order valence-electron chi connectivity index (χ1n) is 5.51. The van der Waals surface area contributed by atoms with Gasteiger partial charge >= 0.3 is 11.9 Å². The van der Waals surface area contributed by atoms with Crippen LogP contribution in [0.1, 0.15) is 23.2 Å². The van der Waals surface area contributed by atoms with Gasteiger partial charge in [0.2, 0.25) is 0 Å². The van der Waals surface area contributed by atoms with Crippen LogP contribution in [0.3, 0.4) is 0 Å². The molecule has 0 bridgehead atoms. The fourth-order valence-electron chi connectivity index (χ4n) is 1.40. The van der Waals surface area contributed by atoms with E-state index in [0.29, 0.717) is 5.69 Å². The van der Waals surface area contributed by atoms with Crippen LogP contribution in [-0.2, 0) is 29.1 Å². The van der Waals surface area contributed by atoms with E-state index >= 15 is 0 Å². The average Bonchev–Trinajstić information content (AvgIpc) is 2.34. The Balaban J connectivity index is 0.00000361. The van der Waals surface area contributed by atoms with Crippen molar-refractivity contribution >= 4 is 23.5 Å². The molecular formula is C12H14N2O5Zn. The topological polar surface area (TPSA) is 130 Å². The van der Waals surface area contributed by atoms with Crippen molar-refractivity contribution in [2.24, 2.45) is 0 Å². The number of nitrogen functional groups attached to an aromatic ring is 1. The molecule has 0 saturated heterocycles. The maximum atomic E-state index is 11.8. The van der Waals surface area contributed by atoms with Gasteiger partial charge in [-0.15, -0.1) is 0 Å². The second-order valence-corrected chi connectivity index (χ2v) is 3.92. The molecule has 8 heteroatoms. The second-order valence-electron chi connectivity index (χ2n) is 3.92. The number of hydrogen-bond donors (Lipinski definition) is 4. The summed E-state index contributed by atoms with van der Waals surface area (Å²) in [6.07, 6.45) is -0.510. The minimum atomic E-state index is -1.27. The minimum absolute atomic E-state index is 0. The Morgan fingerprint density at radius 3 is 2.15 bits per heavy atom. The quantitative estimate of drug-likeness (QED) is 0.438. The van der Waals surface area contributed by atoms with Gasteiger partial charge in [0.25, 0.3) is 5.91 Å². The van der Waals surface area contributed by atoms with Crippen LogP contribution in [0.5, 0.6) is 0 Å². The van der Waals surface area contributed by atoms with E-state index in [1.54, 1.807) is 0 Å². The number of carbonyl (C=O) groups is 3. The predicted molar refractivity (Wildman–Crippen MR) is 66.6 cm³/mol. The summed E-state index contributed by atoms with van der Waals surface area (Å²) >= 11 is 0. The van der Waals surface area contributed by atoms with Gasteiger partial charge in [-0.1, -0.05) is 0 Å². The summed E-state index contributed by atoms with van der Waals surface area (Å²) in [5.74, 6) is -2.98. The molecule has 0 aliphatic heterocycles. The van der Waals surface area contributed by atoms with Crippen LogP contribution in [0.25, 0.3) is 0 Å². The SMILES string of the molecule is Nc1ccc(C(=O)NC(CCC(=O)O)C(=O)O)cc1.[Zn]. The molecule has 1 aromatic carbocycles. The Bertz CT molecular complexity index is 489. The van der Waals surface area contributed by atoms with Gasteiger partial charge in [-0.05, 0) is 30.7 Å². The molecule has 1 amide bonds. The van der Waals surface area contributed by atoms with E-state index in [-0.39, 0.29) is 37.9 Å². The number of benzene rings is 1. The molecule has 0 saturated carbocycles. The molecule has 1 atom stereocenters. The molecule has 20 heavy (non-hydrogen) atoms. The van der Waals surface area contributed by atoms with Crippen molar-refractivity contribution < 1.29 is 44.1 Å².